The van der Waals surface area contributed by atoms with E-state index in [2.05, 4.69) is 5.32 Å². The Bertz CT molecular complexity index is 132. The van der Waals surface area contributed by atoms with Gasteiger partial charge in [-0.25, -0.2) is 0 Å². The summed E-state index contributed by atoms with van der Waals surface area (Å²) in [5.41, 5.74) is 0. The number of carbonyl (C=O) groups excluding carboxylic acids is 2. The minimum Gasteiger partial charge on any atom is -0.344 e. The molecule has 0 aliphatic rings. The quantitative estimate of drug-likeness (QED) is 0.626. The van der Waals surface area contributed by atoms with E-state index in [-0.39, 0.29) is 11.7 Å². The van der Waals surface area contributed by atoms with Gasteiger partial charge < -0.3 is 5.32 Å². The summed E-state index contributed by atoms with van der Waals surface area (Å²) >= 11 is 0. The number of hydrogen-bond donors (Lipinski definition) is 1. The molecule has 0 aliphatic heterocycles. The number of rotatable bonds is 4. The van der Waals surface area contributed by atoms with E-state index in [9.17, 15) is 9.59 Å². The topological polar surface area (TPSA) is 46.2 Å². The molecule has 0 saturated heterocycles. The van der Waals surface area contributed by atoms with Crippen LogP contribution < -0.4 is 5.32 Å². The molecule has 0 spiro atoms. The Labute approximate surface area is 60.8 Å². The van der Waals surface area contributed by atoms with E-state index in [1.54, 1.807) is 0 Å². The second kappa shape index (κ2) is 4.97. The lowest BCUT2D eigenvalue weighted by Crippen LogP contribution is -2.21. The van der Waals surface area contributed by atoms with Gasteiger partial charge >= 0.3 is 0 Å². The first-order chi connectivity index (χ1) is 4.66. The Hall–Kier alpha value is -0.860. The van der Waals surface area contributed by atoms with E-state index in [1.165, 1.54) is 13.5 Å². The van der Waals surface area contributed by atoms with Crippen LogP contribution in [0.4, 0.5) is 0 Å². The molecule has 1 amide bonds. The number of ketones is 1. The van der Waals surface area contributed by atoms with Gasteiger partial charge in [-0.15, -0.1) is 0 Å². The second-order valence-corrected chi connectivity index (χ2v) is 2.06. The molecule has 0 aromatic carbocycles. The van der Waals surface area contributed by atoms with Crippen LogP contribution in [-0.2, 0) is 9.59 Å². The Morgan fingerprint density at radius 1 is 1.50 bits per heavy atom. The molecule has 1 N–H and O–H groups in total. The van der Waals surface area contributed by atoms with E-state index in [0.29, 0.717) is 6.42 Å². The number of carbonyl (C=O) groups is 2. The van der Waals surface area contributed by atoms with E-state index < -0.39 is 0 Å². The number of hydrogen-bond acceptors (Lipinski definition) is 2. The molecule has 10 heavy (non-hydrogen) atoms. The molecular weight excluding hydrogens is 130 g/mol. The smallest absolute Gasteiger partial charge is 0.217 e. The van der Waals surface area contributed by atoms with Gasteiger partial charge in [0.05, 0.1) is 0 Å². The SMILES string of the molecule is CCCC(=O)[CH]NC(C)=O. The molecular formula is C7H12NO2. The summed E-state index contributed by atoms with van der Waals surface area (Å²) in [7, 11) is 0. The summed E-state index contributed by atoms with van der Waals surface area (Å²) in [4.78, 5) is 20.9. The average molecular weight is 142 g/mol. The fourth-order valence-corrected chi connectivity index (χ4v) is 0.501. The first-order valence-corrected chi connectivity index (χ1v) is 3.30. The highest BCUT2D eigenvalue weighted by Crippen LogP contribution is 1.89. The van der Waals surface area contributed by atoms with Crippen LogP contribution in [0.25, 0.3) is 0 Å². The fourth-order valence-electron chi connectivity index (χ4n) is 0.501. The molecule has 3 heteroatoms. The van der Waals surface area contributed by atoms with Gasteiger partial charge in [0.25, 0.3) is 0 Å². The molecule has 0 atom stereocenters. The molecule has 57 valence electrons. The Morgan fingerprint density at radius 3 is 2.50 bits per heavy atom. The summed E-state index contributed by atoms with van der Waals surface area (Å²) in [5, 5.41) is 2.32. The second-order valence-electron chi connectivity index (χ2n) is 2.06. The van der Waals surface area contributed by atoms with Crippen LogP contribution >= 0.6 is 0 Å². The number of Topliss-reactive ketones (excluding diaryl/α,β-unsaturated/α-hetero) is 1. The normalized spacial score (nSPS) is 9.00. The van der Waals surface area contributed by atoms with Crippen LogP contribution in [-0.4, -0.2) is 11.7 Å². The van der Waals surface area contributed by atoms with Crippen molar-refractivity contribution >= 4 is 11.7 Å². The highest BCUT2D eigenvalue weighted by Gasteiger charge is 2.00. The fraction of sp³-hybridized carbons (Fsp3) is 0.571. The summed E-state index contributed by atoms with van der Waals surface area (Å²) in [6.07, 6.45) is 1.31. The van der Waals surface area contributed by atoms with E-state index in [4.69, 9.17) is 0 Å². The zero-order valence-corrected chi connectivity index (χ0v) is 6.31. The van der Waals surface area contributed by atoms with E-state index >= 15 is 0 Å². The molecule has 0 saturated carbocycles. The average Bonchev–Trinajstić information content (AvgIpc) is 1.85. The highest BCUT2D eigenvalue weighted by atomic mass is 16.2. The van der Waals surface area contributed by atoms with Crippen LogP contribution in [0.5, 0.6) is 0 Å². The largest absolute Gasteiger partial charge is 0.344 e. The molecule has 1 radical (unpaired) electrons. The third-order valence-electron chi connectivity index (χ3n) is 0.933. The Balaban J connectivity index is 3.30. The Morgan fingerprint density at radius 2 is 2.10 bits per heavy atom. The molecule has 0 unspecified atom stereocenters. The maximum Gasteiger partial charge on any atom is 0.217 e. The van der Waals surface area contributed by atoms with Crippen molar-refractivity contribution in [3.63, 3.8) is 0 Å². The molecule has 0 fully saturated rings. The molecule has 0 aromatic rings. The zero-order valence-electron chi connectivity index (χ0n) is 6.31. The third kappa shape index (κ3) is 5.28. The maximum atomic E-state index is 10.7. The molecule has 0 aromatic heterocycles. The van der Waals surface area contributed by atoms with Gasteiger partial charge in [-0.1, -0.05) is 6.92 Å². The maximum absolute atomic E-state index is 10.7. The predicted molar refractivity (Wildman–Crippen MR) is 38.0 cm³/mol. The monoisotopic (exact) mass is 142 g/mol. The minimum atomic E-state index is -0.204. The van der Waals surface area contributed by atoms with Crippen molar-refractivity contribution in [1.82, 2.24) is 5.32 Å². The predicted octanol–water partition coefficient (Wildman–Crippen LogP) is 0.653. The zero-order chi connectivity index (χ0) is 7.98. The van der Waals surface area contributed by atoms with Crippen molar-refractivity contribution in [2.75, 3.05) is 0 Å². The first kappa shape index (κ1) is 9.14. The number of nitrogens with one attached hydrogen (secondary N) is 1. The summed E-state index contributed by atoms with van der Waals surface area (Å²) in [5.74, 6) is -0.234. The lowest BCUT2D eigenvalue weighted by molar-refractivity contribution is -0.122. The third-order valence-corrected chi connectivity index (χ3v) is 0.933. The van der Waals surface area contributed by atoms with E-state index in [0.717, 1.165) is 6.42 Å². The van der Waals surface area contributed by atoms with Crippen LogP contribution in [0, 0.1) is 6.54 Å². The summed E-state index contributed by atoms with van der Waals surface area (Å²) in [6.45, 7) is 4.50. The van der Waals surface area contributed by atoms with Gasteiger partial charge in [-0.05, 0) is 6.42 Å². The van der Waals surface area contributed by atoms with Gasteiger partial charge in [-0.3, -0.25) is 9.59 Å². The lowest BCUT2D eigenvalue weighted by atomic mass is 10.2. The van der Waals surface area contributed by atoms with Crippen molar-refractivity contribution < 1.29 is 9.59 Å². The van der Waals surface area contributed by atoms with Gasteiger partial charge in [0.1, 0.15) is 6.54 Å². The van der Waals surface area contributed by atoms with Gasteiger partial charge in [0.2, 0.25) is 5.91 Å². The van der Waals surface area contributed by atoms with E-state index in [1.807, 2.05) is 6.92 Å². The van der Waals surface area contributed by atoms with Crippen molar-refractivity contribution in [3.05, 3.63) is 6.54 Å². The Kier molecular flexibility index (Phi) is 4.54. The van der Waals surface area contributed by atoms with Gasteiger partial charge in [0, 0.05) is 13.3 Å². The minimum absolute atomic E-state index is 0.0299. The molecule has 0 rings (SSSR count). The lowest BCUT2D eigenvalue weighted by Gasteiger charge is -1.97. The van der Waals surface area contributed by atoms with Crippen molar-refractivity contribution in [2.24, 2.45) is 0 Å². The van der Waals surface area contributed by atoms with Crippen molar-refractivity contribution in [1.29, 1.82) is 0 Å². The molecule has 0 heterocycles. The summed E-state index contributed by atoms with van der Waals surface area (Å²) in [6, 6.07) is 0. The first-order valence-electron chi connectivity index (χ1n) is 3.30. The standard InChI is InChI=1S/C7H12NO2/c1-3-4-7(10)5-8-6(2)9/h5H,3-4H2,1-2H3,(H,8,9). The molecule has 0 bridgehead atoms. The van der Waals surface area contributed by atoms with Crippen LogP contribution in [0.15, 0.2) is 0 Å². The van der Waals surface area contributed by atoms with Gasteiger partial charge in [-0.2, -0.15) is 0 Å². The molecule has 0 aliphatic carbocycles. The van der Waals surface area contributed by atoms with Crippen LogP contribution in [0.3, 0.4) is 0 Å². The van der Waals surface area contributed by atoms with Crippen molar-refractivity contribution in [3.8, 4) is 0 Å². The van der Waals surface area contributed by atoms with Crippen LogP contribution in [0.1, 0.15) is 26.7 Å². The van der Waals surface area contributed by atoms with Crippen LogP contribution in [0.2, 0.25) is 0 Å². The summed E-state index contributed by atoms with van der Waals surface area (Å²) < 4.78 is 0. The van der Waals surface area contributed by atoms with Gasteiger partial charge in [0.15, 0.2) is 5.78 Å². The van der Waals surface area contributed by atoms with Crippen molar-refractivity contribution in [2.45, 2.75) is 26.7 Å². The highest BCUT2D eigenvalue weighted by molar-refractivity contribution is 5.90. The molecule has 3 nitrogen and oxygen atoms in total. The number of amides is 1.